The number of aromatic amines is 2. The van der Waals surface area contributed by atoms with Crippen LogP contribution in [-0.4, -0.2) is 102 Å². The summed E-state index contributed by atoms with van der Waals surface area (Å²) < 4.78 is 12.0. The molecule has 6 heterocycles. The number of likely N-dealkylation sites (tertiary alicyclic amines) is 1. The predicted molar refractivity (Wildman–Crippen MR) is 207 cm³/mol. The van der Waals surface area contributed by atoms with Gasteiger partial charge in [0.05, 0.1) is 31.8 Å². The largest absolute Gasteiger partial charge is 0.496 e. The van der Waals surface area contributed by atoms with E-state index in [1.54, 1.807) is 21.0 Å². The number of fused-ring (bicyclic) bond motifs is 9. The number of H-pyrrole nitrogens is 2. The molecule has 0 radical (unpaired) electrons. The predicted octanol–water partition coefficient (Wildman–Crippen LogP) is 5.45. The molecule has 2 aromatic carbocycles. The number of aromatic nitrogens is 2. The van der Waals surface area contributed by atoms with Crippen LogP contribution in [0.4, 0.5) is 0 Å². The Morgan fingerprint density at radius 3 is 2.54 bits per heavy atom. The summed E-state index contributed by atoms with van der Waals surface area (Å²) in [6.07, 6.45) is 5.45. The number of ketones is 2. The Labute approximate surface area is 316 Å². The maximum absolute atomic E-state index is 14.4. The summed E-state index contributed by atoms with van der Waals surface area (Å²) in [6.45, 7) is 7.46. The van der Waals surface area contributed by atoms with Gasteiger partial charge < -0.3 is 24.5 Å². The number of para-hydroxylation sites is 1. The average Bonchev–Trinajstić information content (AvgIpc) is 3.71. The van der Waals surface area contributed by atoms with Gasteiger partial charge in [-0.2, -0.15) is 0 Å². The van der Waals surface area contributed by atoms with Crippen LogP contribution >= 0.6 is 0 Å². The van der Waals surface area contributed by atoms with E-state index in [2.05, 4.69) is 63.2 Å². The van der Waals surface area contributed by atoms with Gasteiger partial charge in [-0.3, -0.25) is 24.2 Å². The van der Waals surface area contributed by atoms with E-state index in [4.69, 9.17) is 9.47 Å². The molecule has 4 fully saturated rings. The molecular weight excluding hydrogens is 681 g/mol. The molecule has 2 aliphatic carbocycles. The van der Waals surface area contributed by atoms with Gasteiger partial charge in [0.2, 0.25) is 0 Å². The van der Waals surface area contributed by atoms with Crippen molar-refractivity contribution in [1.82, 2.24) is 19.8 Å². The number of carbonyl (C=O) groups excluding carboxylic acids is 3. The zero-order valence-electron chi connectivity index (χ0n) is 32.3. The first-order chi connectivity index (χ1) is 26.0. The third-order valence-corrected chi connectivity index (χ3v) is 14.8. The van der Waals surface area contributed by atoms with Gasteiger partial charge in [-0.25, -0.2) is 0 Å². The van der Waals surface area contributed by atoms with E-state index < -0.39 is 10.8 Å². The van der Waals surface area contributed by atoms with Crippen LogP contribution in [0.3, 0.4) is 0 Å². The topological polar surface area (TPSA) is 128 Å². The van der Waals surface area contributed by atoms with Gasteiger partial charge in [0.1, 0.15) is 22.7 Å². The lowest BCUT2D eigenvalue weighted by molar-refractivity contribution is -0.164. The summed E-state index contributed by atoms with van der Waals surface area (Å²) in [4.78, 5) is 54.3. The molecule has 4 aromatic rings. The molecule has 6 aliphatic rings. The van der Waals surface area contributed by atoms with E-state index in [9.17, 15) is 19.5 Å². The summed E-state index contributed by atoms with van der Waals surface area (Å²) in [7, 11) is 5.25. The Balaban J connectivity index is 1.34. The number of allylic oxidation sites excluding steroid dienone is 1. The first-order valence-electron chi connectivity index (χ1n) is 19.6. The van der Waals surface area contributed by atoms with E-state index in [1.165, 1.54) is 7.11 Å². The minimum Gasteiger partial charge on any atom is -0.496 e. The summed E-state index contributed by atoms with van der Waals surface area (Å²) in [5.74, 6) is 0.00960. The molecule has 1 saturated carbocycles. The number of piperidine rings is 3. The van der Waals surface area contributed by atoms with E-state index in [1.807, 2.05) is 13.0 Å². The van der Waals surface area contributed by atoms with Crippen molar-refractivity contribution in [3.63, 3.8) is 0 Å². The molecule has 9 atom stereocenters. The number of nitrogens with one attached hydrogen (secondary N) is 2. The molecule has 4 aliphatic heterocycles. The second kappa shape index (κ2) is 12.6. The highest BCUT2D eigenvalue weighted by molar-refractivity contribution is 5.96. The van der Waals surface area contributed by atoms with Crippen molar-refractivity contribution in [3.8, 4) is 5.75 Å². The van der Waals surface area contributed by atoms with E-state index in [0.717, 1.165) is 87.1 Å². The van der Waals surface area contributed by atoms with Crippen molar-refractivity contribution in [1.29, 1.82) is 0 Å². The van der Waals surface area contributed by atoms with Crippen molar-refractivity contribution < 1.29 is 29.0 Å². The number of nitrogens with zero attached hydrogens (tertiary/aromatic N) is 2. The summed E-state index contributed by atoms with van der Waals surface area (Å²) in [6, 6.07) is 12.0. The van der Waals surface area contributed by atoms with Gasteiger partial charge in [-0.1, -0.05) is 29.8 Å². The first kappa shape index (κ1) is 35.5. The number of aliphatic hydroxyl groups is 1. The van der Waals surface area contributed by atoms with Crippen LogP contribution in [0.1, 0.15) is 74.0 Å². The van der Waals surface area contributed by atoms with Crippen LogP contribution in [0.2, 0.25) is 0 Å². The number of esters is 1. The van der Waals surface area contributed by atoms with Gasteiger partial charge in [-0.05, 0) is 101 Å². The van der Waals surface area contributed by atoms with Gasteiger partial charge in [0, 0.05) is 76.8 Å². The number of ether oxygens (including phenoxy) is 2. The molecule has 2 unspecified atom stereocenters. The minimum atomic E-state index is -1.02. The van der Waals surface area contributed by atoms with Gasteiger partial charge in [0.15, 0.2) is 0 Å². The molecule has 284 valence electrons. The van der Waals surface area contributed by atoms with Gasteiger partial charge in [-0.15, -0.1) is 0 Å². The Hall–Kier alpha value is -4.25. The van der Waals surface area contributed by atoms with Crippen LogP contribution in [0, 0.1) is 23.2 Å². The second-order valence-electron chi connectivity index (χ2n) is 16.9. The van der Waals surface area contributed by atoms with E-state index in [-0.39, 0.29) is 59.9 Å². The third-order valence-electron chi connectivity index (χ3n) is 14.8. The maximum Gasteiger partial charge on any atom is 0.319 e. The Morgan fingerprint density at radius 1 is 1.04 bits per heavy atom. The summed E-state index contributed by atoms with van der Waals surface area (Å²) in [5.41, 5.74) is 6.23. The SMILES string of the molecule is C/C=C1/CN(C)[C@H]2Cc3c([nH]c4ccccc34)[C@H](c3c(OC)ccc4c5c([nH]c34)[C@]3(C(=O)OC)C[C@@H]4C[C@H](C(C)=O)[C@@H]3N(CC5)C4)C[C@H]1C2(CO)C(C)=O. The molecule has 2 aromatic heterocycles. The molecule has 10 nitrogen and oxygen atoms in total. The smallest absolute Gasteiger partial charge is 0.319 e. The number of aliphatic hydroxyl groups excluding tert-OH is 1. The molecule has 10 heteroatoms. The standard InChI is InChI=1S/C44H52N4O6/c1-7-26-21-47(4)36-18-31-27-10-8-9-11-34(27)45-38(31)32(17-33(26)44(36,22-49)24(3)51)37-35(53-5)13-12-28-29-14-15-48-20-25-16-30(23(2)50)41(48)43(19-25,42(52)54-6)40(29)46-39(28)37/h7-13,25,30,32-33,36,41,45-46,49H,14-22H2,1-6H3/b26-7-/t25-,30+,32-,33+,36-,41-,43+,44?/m0/s1. The van der Waals surface area contributed by atoms with Crippen LogP contribution in [0.15, 0.2) is 48.0 Å². The van der Waals surface area contributed by atoms with Gasteiger partial charge >= 0.3 is 5.97 Å². The fourth-order valence-electron chi connectivity index (χ4n) is 12.6. The van der Waals surface area contributed by atoms with Crippen molar-refractivity contribution in [2.45, 2.75) is 76.3 Å². The average molecular weight is 733 g/mol. The normalized spacial score (nSPS) is 33.8. The number of benzene rings is 2. The summed E-state index contributed by atoms with van der Waals surface area (Å²) in [5, 5.41) is 13.6. The number of hydrogen-bond acceptors (Lipinski definition) is 8. The fraction of sp³-hybridized carbons (Fsp3) is 0.523. The maximum atomic E-state index is 14.4. The first-order valence-corrected chi connectivity index (χ1v) is 19.6. The van der Waals surface area contributed by atoms with Crippen molar-refractivity contribution in [2.24, 2.45) is 23.2 Å². The van der Waals surface area contributed by atoms with Crippen LogP contribution < -0.4 is 4.74 Å². The quantitative estimate of drug-likeness (QED) is 0.177. The molecule has 10 rings (SSSR count). The number of hydrogen-bond donors (Lipinski definition) is 3. The molecule has 0 amide bonds. The minimum absolute atomic E-state index is 0.00153. The lowest BCUT2D eigenvalue weighted by atomic mass is 9.56. The van der Waals surface area contributed by atoms with E-state index in [0.29, 0.717) is 25.8 Å². The molecule has 6 bridgehead atoms. The lowest BCUT2D eigenvalue weighted by Gasteiger charge is -2.57. The van der Waals surface area contributed by atoms with E-state index >= 15 is 0 Å². The number of rotatable bonds is 6. The lowest BCUT2D eigenvalue weighted by Crippen LogP contribution is -2.68. The number of Topliss-reactive ketones (excluding diaryl/α,β-unsaturated/α-hetero) is 2. The monoisotopic (exact) mass is 732 g/mol. The zero-order valence-corrected chi connectivity index (χ0v) is 32.3. The highest BCUT2D eigenvalue weighted by Crippen LogP contribution is 2.58. The number of methoxy groups -OCH3 is 2. The van der Waals surface area contributed by atoms with Crippen molar-refractivity contribution in [3.05, 3.63) is 76.1 Å². The Kier molecular flexibility index (Phi) is 8.30. The fourth-order valence-corrected chi connectivity index (χ4v) is 12.6. The van der Waals surface area contributed by atoms with Gasteiger partial charge in [0.25, 0.3) is 0 Å². The van der Waals surface area contributed by atoms with Crippen molar-refractivity contribution >= 4 is 39.3 Å². The van der Waals surface area contributed by atoms with Crippen LogP contribution in [-0.2, 0) is 37.4 Å². The second-order valence-corrected chi connectivity index (χ2v) is 16.9. The van der Waals surface area contributed by atoms with Crippen LogP contribution in [0.5, 0.6) is 5.75 Å². The Bertz CT molecular complexity index is 2250. The molecule has 3 saturated heterocycles. The Morgan fingerprint density at radius 2 is 1.83 bits per heavy atom. The highest BCUT2D eigenvalue weighted by Gasteiger charge is 2.64. The molecular formula is C44H52N4O6. The number of carbonyl (C=O) groups is 3. The highest BCUT2D eigenvalue weighted by atomic mass is 16.5. The third kappa shape index (κ3) is 4.59. The molecule has 54 heavy (non-hydrogen) atoms. The molecule has 0 spiro atoms. The number of likely N-dealkylation sites (N-methyl/N-ethyl adjacent to an activating group) is 1. The zero-order chi connectivity index (χ0) is 37.8. The van der Waals surface area contributed by atoms with Crippen LogP contribution in [0.25, 0.3) is 21.8 Å². The summed E-state index contributed by atoms with van der Waals surface area (Å²) >= 11 is 0. The molecule has 3 N–H and O–H groups in total. The van der Waals surface area contributed by atoms with Crippen molar-refractivity contribution in [2.75, 3.05) is 47.5 Å².